The van der Waals surface area contributed by atoms with Crippen LogP contribution in [0.15, 0.2) is 42.5 Å². The molecule has 0 N–H and O–H groups in total. The molecule has 1 radical (unpaired) electrons. The summed E-state index contributed by atoms with van der Waals surface area (Å²) in [6.07, 6.45) is 8.18. The Morgan fingerprint density at radius 1 is 0.903 bits per heavy atom. The fourth-order valence-corrected chi connectivity index (χ4v) is 6.51. The summed E-state index contributed by atoms with van der Waals surface area (Å²) in [6.45, 7) is 1.38. The molecule has 0 atom stereocenters. The van der Waals surface area contributed by atoms with Crippen LogP contribution in [-0.4, -0.2) is 27.1 Å². The molecule has 4 bridgehead atoms. The number of ether oxygens (including phenoxy) is 3. The van der Waals surface area contributed by atoms with Gasteiger partial charge in [0, 0.05) is 23.8 Å². The van der Waals surface area contributed by atoms with E-state index < -0.39 is 0 Å². The molecular weight excluding hydrogens is 384 g/mol. The Labute approximate surface area is 186 Å². The number of hydrogen-bond donors (Lipinski definition) is 0. The van der Waals surface area contributed by atoms with Gasteiger partial charge in [0.05, 0.1) is 13.2 Å². The molecule has 0 amide bonds. The van der Waals surface area contributed by atoms with Gasteiger partial charge in [-0.05, 0) is 98.1 Å². The highest BCUT2D eigenvalue weighted by atomic mass is 16.7. The quantitative estimate of drug-likeness (QED) is 0.346. The van der Waals surface area contributed by atoms with Crippen molar-refractivity contribution in [2.24, 2.45) is 17.8 Å². The first-order chi connectivity index (χ1) is 15.2. The summed E-state index contributed by atoms with van der Waals surface area (Å²) >= 11 is 0. The lowest BCUT2D eigenvalue weighted by molar-refractivity contribution is -0.0189. The first-order valence-corrected chi connectivity index (χ1v) is 11.6. The summed E-state index contributed by atoms with van der Waals surface area (Å²) in [4.78, 5) is 0. The number of benzene rings is 2. The maximum Gasteiger partial charge on any atom is 0.189 e. The predicted molar refractivity (Wildman–Crippen MR) is 121 cm³/mol. The van der Waals surface area contributed by atoms with Gasteiger partial charge in [-0.2, -0.15) is 0 Å². The number of rotatable bonds is 7. The van der Waals surface area contributed by atoms with Crippen molar-refractivity contribution in [2.75, 3.05) is 27.1 Å². The molecular formula is C28H31O3. The Kier molecular flexibility index (Phi) is 6.03. The van der Waals surface area contributed by atoms with Gasteiger partial charge < -0.3 is 14.2 Å². The Bertz CT molecular complexity index is 918. The first-order valence-electron chi connectivity index (χ1n) is 11.6. The third-order valence-electron chi connectivity index (χ3n) is 7.39. The highest BCUT2D eigenvalue weighted by molar-refractivity contribution is 5.50. The highest BCUT2D eigenvalue weighted by Gasteiger charge is 2.52. The van der Waals surface area contributed by atoms with E-state index in [1.54, 1.807) is 7.11 Å². The van der Waals surface area contributed by atoms with Crippen LogP contribution in [0.1, 0.15) is 55.2 Å². The van der Waals surface area contributed by atoms with Crippen LogP contribution in [0.4, 0.5) is 0 Å². The van der Waals surface area contributed by atoms with Crippen LogP contribution in [0, 0.1) is 35.7 Å². The minimum Gasteiger partial charge on any atom is -0.467 e. The Morgan fingerprint density at radius 2 is 1.58 bits per heavy atom. The van der Waals surface area contributed by atoms with E-state index in [4.69, 9.17) is 14.2 Å². The second kappa shape index (κ2) is 9.07. The van der Waals surface area contributed by atoms with Crippen LogP contribution < -0.4 is 4.74 Å². The van der Waals surface area contributed by atoms with Gasteiger partial charge in [0.1, 0.15) is 5.75 Å². The van der Waals surface area contributed by atoms with Crippen molar-refractivity contribution < 1.29 is 14.2 Å². The van der Waals surface area contributed by atoms with E-state index in [1.165, 1.54) is 44.1 Å². The van der Waals surface area contributed by atoms with Crippen LogP contribution in [0.3, 0.4) is 0 Å². The lowest BCUT2D eigenvalue weighted by atomic mass is 9.48. The fourth-order valence-electron chi connectivity index (χ4n) is 6.51. The Hall–Kier alpha value is -2.28. The maximum absolute atomic E-state index is 6.16. The monoisotopic (exact) mass is 415 g/mol. The molecule has 2 aromatic rings. The average Bonchev–Trinajstić information content (AvgIpc) is 2.78. The molecule has 31 heavy (non-hydrogen) atoms. The number of hydrogen-bond acceptors (Lipinski definition) is 3. The normalized spacial score (nSPS) is 28.2. The van der Waals surface area contributed by atoms with E-state index in [0.29, 0.717) is 13.2 Å². The van der Waals surface area contributed by atoms with Crippen LogP contribution in [0.5, 0.6) is 5.75 Å². The van der Waals surface area contributed by atoms with Gasteiger partial charge >= 0.3 is 0 Å². The molecule has 0 spiro atoms. The molecule has 161 valence electrons. The average molecular weight is 416 g/mol. The van der Waals surface area contributed by atoms with Crippen molar-refractivity contribution in [3.8, 4) is 17.6 Å². The zero-order valence-electron chi connectivity index (χ0n) is 18.4. The highest BCUT2D eigenvalue weighted by Crippen LogP contribution is 2.61. The molecule has 4 fully saturated rings. The van der Waals surface area contributed by atoms with E-state index >= 15 is 0 Å². The fraction of sp³-hybridized carbons (Fsp3) is 0.500. The number of methoxy groups -OCH3 is 1. The summed E-state index contributed by atoms with van der Waals surface area (Å²) in [6, 6.07) is 17.4. The minimum absolute atomic E-state index is 0.246. The lowest BCUT2D eigenvalue weighted by Gasteiger charge is -2.57. The summed E-state index contributed by atoms with van der Waals surface area (Å²) < 4.78 is 16.8. The molecule has 0 saturated heterocycles. The van der Waals surface area contributed by atoms with Crippen LogP contribution in [-0.2, 0) is 14.9 Å². The molecule has 0 unspecified atom stereocenters. The van der Waals surface area contributed by atoms with Crippen molar-refractivity contribution in [1.82, 2.24) is 0 Å². The molecule has 6 rings (SSSR count). The van der Waals surface area contributed by atoms with Gasteiger partial charge in [-0.15, -0.1) is 0 Å². The molecule has 4 saturated carbocycles. The van der Waals surface area contributed by atoms with E-state index in [-0.39, 0.29) is 12.2 Å². The minimum atomic E-state index is 0.246. The first kappa shape index (κ1) is 20.6. The van der Waals surface area contributed by atoms with E-state index in [0.717, 1.165) is 34.6 Å². The van der Waals surface area contributed by atoms with Gasteiger partial charge in [0.25, 0.3) is 0 Å². The molecule has 0 aromatic heterocycles. The van der Waals surface area contributed by atoms with Crippen molar-refractivity contribution in [3.05, 3.63) is 65.2 Å². The molecule has 4 aliphatic carbocycles. The van der Waals surface area contributed by atoms with Crippen LogP contribution >= 0.6 is 0 Å². The maximum atomic E-state index is 6.16. The van der Waals surface area contributed by atoms with Crippen molar-refractivity contribution in [1.29, 1.82) is 0 Å². The van der Waals surface area contributed by atoms with Crippen LogP contribution in [0.2, 0.25) is 0 Å². The Morgan fingerprint density at radius 3 is 2.26 bits per heavy atom. The third kappa shape index (κ3) is 4.52. The van der Waals surface area contributed by atoms with Crippen molar-refractivity contribution in [3.63, 3.8) is 0 Å². The third-order valence-corrected chi connectivity index (χ3v) is 7.39. The summed E-state index contributed by atoms with van der Waals surface area (Å²) in [5, 5.41) is 0. The van der Waals surface area contributed by atoms with E-state index in [2.05, 4.69) is 36.1 Å². The van der Waals surface area contributed by atoms with Crippen LogP contribution in [0.25, 0.3) is 0 Å². The smallest absolute Gasteiger partial charge is 0.189 e. The lowest BCUT2D eigenvalue weighted by Crippen LogP contribution is -2.48. The SMILES string of the molecule is COCCOCOc1ccc(C#Cc2cc[c]cc2)cc1C12CC3CC(CC(C3)C1)C2. The Balaban J connectivity index is 1.44. The van der Waals surface area contributed by atoms with Gasteiger partial charge in [-0.3, -0.25) is 0 Å². The topological polar surface area (TPSA) is 27.7 Å². The molecule has 3 heteroatoms. The van der Waals surface area contributed by atoms with E-state index in [9.17, 15) is 0 Å². The van der Waals surface area contributed by atoms with Gasteiger partial charge in [0.15, 0.2) is 6.79 Å². The van der Waals surface area contributed by atoms with E-state index in [1.807, 2.05) is 24.3 Å². The second-order valence-electron chi connectivity index (χ2n) is 9.61. The zero-order chi connectivity index (χ0) is 21.1. The summed E-state index contributed by atoms with van der Waals surface area (Å²) in [5.41, 5.74) is 3.68. The molecule has 0 heterocycles. The van der Waals surface area contributed by atoms with Crippen molar-refractivity contribution in [2.45, 2.75) is 43.9 Å². The summed E-state index contributed by atoms with van der Waals surface area (Å²) in [7, 11) is 1.68. The predicted octanol–water partition coefficient (Wildman–Crippen LogP) is 5.35. The molecule has 2 aromatic carbocycles. The zero-order valence-corrected chi connectivity index (χ0v) is 18.4. The van der Waals surface area contributed by atoms with Crippen molar-refractivity contribution >= 4 is 0 Å². The van der Waals surface area contributed by atoms with Gasteiger partial charge in [-0.25, -0.2) is 0 Å². The largest absolute Gasteiger partial charge is 0.467 e. The van der Waals surface area contributed by atoms with Gasteiger partial charge in [-0.1, -0.05) is 24.0 Å². The standard InChI is InChI=1S/C28H31O3/c1-29-11-12-30-20-31-27-10-9-22(8-7-21-5-3-2-4-6-21)16-26(27)28-17-23-13-24(18-28)15-25(14-23)19-28/h3-6,9-10,16,23-25H,11-15,17-20H2,1H3. The molecule has 3 nitrogen and oxygen atoms in total. The van der Waals surface area contributed by atoms with Gasteiger partial charge in [0.2, 0.25) is 0 Å². The molecule has 4 aliphatic rings. The molecule has 0 aliphatic heterocycles. The second-order valence-corrected chi connectivity index (χ2v) is 9.61. The summed E-state index contributed by atoms with van der Waals surface area (Å²) in [5.74, 6) is 10.3.